The van der Waals surface area contributed by atoms with Gasteiger partial charge < -0.3 is 14.8 Å². The summed E-state index contributed by atoms with van der Waals surface area (Å²) in [5.74, 6) is -5.62. The molecule has 0 radical (unpaired) electrons. The van der Waals surface area contributed by atoms with E-state index in [9.17, 15) is 26.4 Å². The van der Waals surface area contributed by atoms with Crippen LogP contribution in [0.4, 0.5) is 24.5 Å². The zero-order chi connectivity index (χ0) is 25.9. The summed E-state index contributed by atoms with van der Waals surface area (Å²) in [5, 5.41) is 2.59. The molecule has 0 aromatic heterocycles. The van der Waals surface area contributed by atoms with Crippen LogP contribution in [0.1, 0.15) is 15.9 Å². The van der Waals surface area contributed by atoms with E-state index >= 15 is 0 Å². The van der Waals surface area contributed by atoms with Crippen LogP contribution in [0.25, 0.3) is 0 Å². The Bertz CT molecular complexity index is 1370. The van der Waals surface area contributed by atoms with Crippen molar-refractivity contribution in [2.24, 2.45) is 0 Å². The van der Waals surface area contributed by atoms with Crippen LogP contribution in [0.2, 0.25) is 5.02 Å². The number of methoxy groups -OCH3 is 2. The molecule has 0 saturated carbocycles. The number of carbonyl (C=O) groups is 1. The second-order valence-corrected chi connectivity index (χ2v) is 9.64. The van der Waals surface area contributed by atoms with Gasteiger partial charge in [0.15, 0.2) is 29.0 Å². The molecule has 0 heterocycles. The monoisotopic (exact) mass is 528 g/mol. The lowest BCUT2D eigenvalue weighted by atomic mass is 10.1. The zero-order valence-electron chi connectivity index (χ0n) is 18.7. The highest BCUT2D eigenvalue weighted by Crippen LogP contribution is 2.37. The normalized spacial score (nSPS) is 11.2. The number of benzene rings is 3. The molecule has 0 atom stereocenters. The van der Waals surface area contributed by atoms with Gasteiger partial charge in [0.05, 0.1) is 44.0 Å². The third-order valence-corrected chi connectivity index (χ3v) is 6.32. The van der Waals surface area contributed by atoms with E-state index in [0.29, 0.717) is 16.7 Å². The van der Waals surface area contributed by atoms with Crippen LogP contribution in [0.3, 0.4) is 0 Å². The second kappa shape index (κ2) is 10.4. The summed E-state index contributed by atoms with van der Waals surface area (Å²) in [4.78, 5) is 13.2. The summed E-state index contributed by atoms with van der Waals surface area (Å²) in [7, 11) is -1.36. The molecule has 3 rings (SSSR count). The van der Waals surface area contributed by atoms with Gasteiger partial charge >= 0.3 is 0 Å². The molecule has 0 spiro atoms. The first-order valence-corrected chi connectivity index (χ1v) is 12.1. The molecule has 3 aromatic carbocycles. The van der Waals surface area contributed by atoms with Crippen molar-refractivity contribution >= 4 is 38.9 Å². The van der Waals surface area contributed by atoms with Gasteiger partial charge in [-0.2, -0.15) is 0 Å². The molecule has 0 bridgehead atoms. The van der Waals surface area contributed by atoms with E-state index in [2.05, 4.69) is 5.32 Å². The lowest BCUT2D eigenvalue weighted by Gasteiger charge is -2.26. The van der Waals surface area contributed by atoms with Gasteiger partial charge in [-0.25, -0.2) is 21.6 Å². The molecular weight excluding hydrogens is 509 g/mol. The number of rotatable bonds is 8. The maximum atomic E-state index is 14.2. The molecular formula is C23H20ClF3N2O5S. The number of ether oxygens (including phenoxy) is 2. The Balaban J connectivity index is 2.15. The molecule has 0 aliphatic rings. The highest BCUT2D eigenvalue weighted by Gasteiger charge is 2.27. The molecule has 3 aromatic rings. The summed E-state index contributed by atoms with van der Waals surface area (Å²) < 4.78 is 78.1. The topological polar surface area (TPSA) is 84.9 Å². The van der Waals surface area contributed by atoms with Gasteiger partial charge in [0.2, 0.25) is 10.0 Å². The minimum absolute atomic E-state index is 0.0760. The van der Waals surface area contributed by atoms with Gasteiger partial charge in [-0.05, 0) is 35.9 Å². The Morgan fingerprint density at radius 1 is 0.971 bits per heavy atom. The number of hydrogen-bond acceptors (Lipinski definition) is 5. The summed E-state index contributed by atoms with van der Waals surface area (Å²) in [5.41, 5.74) is -0.474. The fourth-order valence-electron chi connectivity index (χ4n) is 3.21. The number of nitrogens with one attached hydrogen (secondary N) is 1. The van der Waals surface area contributed by atoms with Crippen LogP contribution >= 0.6 is 11.6 Å². The number of carbonyl (C=O) groups excluding carboxylic acids is 1. The highest BCUT2D eigenvalue weighted by atomic mass is 35.5. The van der Waals surface area contributed by atoms with Gasteiger partial charge in [-0.3, -0.25) is 9.10 Å². The Kier molecular flexibility index (Phi) is 7.81. The van der Waals surface area contributed by atoms with E-state index in [4.69, 9.17) is 21.1 Å². The summed E-state index contributed by atoms with van der Waals surface area (Å²) in [6.07, 6.45) is 0.941. The average molecular weight is 529 g/mol. The van der Waals surface area contributed by atoms with E-state index in [1.165, 1.54) is 26.4 Å². The lowest BCUT2D eigenvalue weighted by Crippen LogP contribution is -2.31. The molecule has 12 heteroatoms. The Morgan fingerprint density at radius 3 is 2.14 bits per heavy atom. The van der Waals surface area contributed by atoms with E-state index in [0.717, 1.165) is 16.6 Å². The fraction of sp³-hybridized carbons (Fsp3) is 0.174. The van der Waals surface area contributed by atoms with Gasteiger partial charge in [0.1, 0.15) is 0 Å². The molecule has 1 amide bonds. The number of nitrogens with zero attached hydrogens (tertiary/aromatic N) is 1. The van der Waals surface area contributed by atoms with Gasteiger partial charge in [-0.1, -0.05) is 23.7 Å². The van der Waals surface area contributed by atoms with Gasteiger partial charge in [0, 0.05) is 11.1 Å². The van der Waals surface area contributed by atoms with Crippen LogP contribution in [-0.2, 0) is 16.6 Å². The van der Waals surface area contributed by atoms with Crippen molar-refractivity contribution in [3.8, 4) is 11.5 Å². The quantitative estimate of drug-likeness (QED) is 0.416. The maximum Gasteiger partial charge on any atom is 0.258 e. The molecule has 1 N–H and O–H groups in total. The van der Waals surface area contributed by atoms with Crippen LogP contribution in [0, 0.1) is 17.5 Å². The van der Waals surface area contributed by atoms with Crippen molar-refractivity contribution in [2.75, 3.05) is 30.1 Å². The summed E-state index contributed by atoms with van der Waals surface area (Å²) in [6, 6.07) is 10.3. The predicted octanol–water partition coefficient (Wildman–Crippen LogP) is 4.99. The van der Waals surface area contributed by atoms with E-state index < -0.39 is 39.1 Å². The lowest BCUT2D eigenvalue weighted by molar-refractivity contribution is 0.102. The van der Waals surface area contributed by atoms with Gasteiger partial charge in [-0.15, -0.1) is 0 Å². The van der Waals surface area contributed by atoms with E-state index in [-0.39, 0.29) is 29.3 Å². The standard InChI is InChI=1S/C23H20ClF3N2O5S/c1-33-19-10-15(23(30)28-17-9-8-16(25)21(26)22(17)27)18(11-20(19)34-2)29(35(3,31)32)12-13-4-6-14(24)7-5-13/h4-11H,12H2,1-3H3,(H,28,30). The van der Waals surface area contributed by atoms with Crippen molar-refractivity contribution in [1.29, 1.82) is 0 Å². The van der Waals surface area contributed by atoms with Crippen molar-refractivity contribution < 1.29 is 35.9 Å². The molecule has 186 valence electrons. The molecule has 7 nitrogen and oxygen atoms in total. The van der Waals surface area contributed by atoms with Crippen LogP contribution in [-0.4, -0.2) is 34.8 Å². The van der Waals surface area contributed by atoms with Crippen LogP contribution in [0.5, 0.6) is 11.5 Å². The first kappa shape index (κ1) is 26.2. The first-order chi connectivity index (χ1) is 16.5. The maximum absolute atomic E-state index is 14.2. The number of amides is 1. The molecule has 35 heavy (non-hydrogen) atoms. The average Bonchev–Trinajstić information content (AvgIpc) is 2.82. The molecule has 0 saturated heterocycles. The number of anilines is 2. The van der Waals surface area contributed by atoms with Crippen molar-refractivity contribution in [1.82, 2.24) is 0 Å². The Hall–Kier alpha value is -3.44. The van der Waals surface area contributed by atoms with Gasteiger partial charge in [0.25, 0.3) is 5.91 Å². The third kappa shape index (κ3) is 5.80. The van der Waals surface area contributed by atoms with Crippen LogP contribution in [0.15, 0.2) is 48.5 Å². The van der Waals surface area contributed by atoms with Crippen molar-refractivity contribution in [3.63, 3.8) is 0 Å². The van der Waals surface area contributed by atoms with E-state index in [1.54, 1.807) is 24.3 Å². The highest BCUT2D eigenvalue weighted by molar-refractivity contribution is 7.92. The van der Waals surface area contributed by atoms with Crippen molar-refractivity contribution in [2.45, 2.75) is 6.54 Å². The van der Waals surface area contributed by atoms with E-state index in [1.807, 2.05) is 0 Å². The Labute approximate surface area is 205 Å². The molecule has 0 aliphatic carbocycles. The molecule has 0 fully saturated rings. The van der Waals surface area contributed by atoms with Crippen molar-refractivity contribution in [3.05, 3.63) is 82.1 Å². The predicted molar refractivity (Wildman–Crippen MR) is 126 cm³/mol. The second-order valence-electron chi connectivity index (χ2n) is 7.30. The largest absolute Gasteiger partial charge is 0.493 e. The smallest absolute Gasteiger partial charge is 0.258 e. The molecule has 0 aliphatic heterocycles. The first-order valence-electron chi connectivity index (χ1n) is 9.89. The Morgan fingerprint density at radius 2 is 1.57 bits per heavy atom. The fourth-order valence-corrected chi connectivity index (χ4v) is 4.22. The number of hydrogen-bond donors (Lipinski definition) is 1. The minimum Gasteiger partial charge on any atom is -0.493 e. The number of sulfonamides is 1. The summed E-state index contributed by atoms with van der Waals surface area (Å²) >= 11 is 5.91. The zero-order valence-corrected chi connectivity index (χ0v) is 20.3. The SMILES string of the molecule is COc1cc(C(=O)Nc2ccc(F)c(F)c2F)c(N(Cc2ccc(Cl)cc2)S(C)(=O)=O)cc1OC. The third-order valence-electron chi connectivity index (χ3n) is 4.94. The minimum atomic E-state index is -3.98. The number of halogens is 4. The molecule has 0 unspecified atom stereocenters. The van der Waals surface area contributed by atoms with Crippen LogP contribution < -0.4 is 19.1 Å². The summed E-state index contributed by atoms with van der Waals surface area (Å²) in [6.45, 7) is -0.189.